The zero-order chi connectivity index (χ0) is 10.6. The summed E-state index contributed by atoms with van der Waals surface area (Å²) < 4.78 is 0. The summed E-state index contributed by atoms with van der Waals surface area (Å²) in [6.07, 6.45) is 0. The first kappa shape index (κ1) is 10.1. The smallest absolute Gasteiger partial charge is 0.159 e. The van der Waals surface area contributed by atoms with Gasteiger partial charge in [-0.3, -0.25) is 4.79 Å². The van der Waals surface area contributed by atoms with Crippen molar-refractivity contribution in [2.45, 2.75) is 13.5 Å². The number of azide groups is 1. The molecule has 0 saturated heterocycles. The van der Waals surface area contributed by atoms with Gasteiger partial charge in [0.1, 0.15) is 5.75 Å². The van der Waals surface area contributed by atoms with Gasteiger partial charge in [0.15, 0.2) is 5.78 Å². The summed E-state index contributed by atoms with van der Waals surface area (Å²) in [5, 5.41) is 12.7. The van der Waals surface area contributed by atoms with Crippen molar-refractivity contribution in [3.8, 4) is 5.75 Å². The molecule has 1 aromatic carbocycles. The zero-order valence-corrected chi connectivity index (χ0v) is 7.64. The molecular weight excluding hydrogens is 182 g/mol. The van der Waals surface area contributed by atoms with E-state index in [0.29, 0.717) is 11.1 Å². The molecule has 0 fully saturated rings. The van der Waals surface area contributed by atoms with Crippen molar-refractivity contribution in [3.05, 3.63) is 39.8 Å². The molecule has 0 atom stereocenters. The summed E-state index contributed by atoms with van der Waals surface area (Å²) in [7, 11) is 0. The van der Waals surface area contributed by atoms with Crippen molar-refractivity contribution in [2.75, 3.05) is 0 Å². The Morgan fingerprint density at radius 1 is 1.64 bits per heavy atom. The number of hydrogen-bond donors (Lipinski definition) is 1. The minimum Gasteiger partial charge on any atom is -0.508 e. The van der Waals surface area contributed by atoms with E-state index in [2.05, 4.69) is 10.0 Å². The highest BCUT2D eigenvalue weighted by molar-refractivity contribution is 5.94. The Bertz CT molecular complexity index is 409. The molecule has 1 aromatic rings. The van der Waals surface area contributed by atoms with Gasteiger partial charge in [-0.15, -0.1) is 0 Å². The first-order chi connectivity index (χ1) is 6.65. The first-order valence-corrected chi connectivity index (χ1v) is 3.99. The Balaban J connectivity index is 3.07. The number of aromatic hydroxyl groups is 1. The maximum Gasteiger partial charge on any atom is 0.159 e. The Morgan fingerprint density at radius 2 is 2.36 bits per heavy atom. The number of benzene rings is 1. The first-order valence-electron chi connectivity index (χ1n) is 3.99. The minimum atomic E-state index is -0.0906. The molecule has 0 radical (unpaired) electrons. The number of rotatable bonds is 3. The van der Waals surface area contributed by atoms with Gasteiger partial charge in [-0.25, -0.2) is 0 Å². The molecule has 14 heavy (non-hydrogen) atoms. The molecule has 1 N–H and O–H groups in total. The monoisotopic (exact) mass is 191 g/mol. The van der Waals surface area contributed by atoms with Crippen LogP contribution in [0, 0.1) is 0 Å². The van der Waals surface area contributed by atoms with Crippen LogP contribution < -0.4 is 0 Å². The fourth-order valence-electron chi connectivity index (χ4n) is 1.04. The standard InChI is InChI=1S/C9H9N3O2/c1-6(13)7-2-3-9(14)8(4-7)5-11-12-10/h2-4,14H,5H2,1H3. The topological polar surface area (TPSA) is 86.1 Å². The average molecular weight is 191 g/mol. The quantitative estimate of drug-likeness (QED) is 0.344. The molecule has 0 aliphatic rings. The number of Topliss-reactive ketones (excluding diaryl/α,β-unsaturated/α-hetero) is 1. The highest BCUT2D eigenvalue weighted by Crippen LogP contribution is 2.19. The zero-order valence-electron chi connectivity index (χ0n) is 7.64. The molecule has 0 aliphatic heterocycles. The second-order valence-electron chi connectivity index (χ2n) is 2.79. The van der Waals surface area contributed by atoms with Gasteiger partial charge in [0.05, 0.1) is 6.54 Å². The molecule has 0 unspecified atom stereocenters. The predicted octanol–water partition coefficient (Wildman–Crippen LogP) is 2.41. The number of phenols is 1. The largest absolute Gasteiger partial charge is 0.508 e. The molecule has 72 valence electrons. The number of phenolic OH excluding ortho intramolecular Hbond substituents is 1. The molecular formula is C9H9N3O2. The van der Waals surface area contributed by atoms with Gasteiger partial charge in [-0.2, -0.15) is 0 Å². The Hall–Kier alpha value is -2.00. The number of carbonyl (C=O) groups excluding carboxylic acids is 1. The third-order valence-corrected chi connectivity index (χ3v) is 1.79. The SMILES string of the molecule is CC(=O)c1ccc(O)c(CN=[N+]=[N-])c1. The summed E-state index contributed by atoms with van der Waals surface area (Å²) in [5.41, 5.74) is 9.05. The maximum absolute atomic E-state index is 11.0. The van der Waals surface area contributed by atoms with Gasteiger partial charge in [0, 0.05) is 16.0 Å². The summed E-state index contributed by atoms with van der Waals surface area (Å²) in [5.74, 6) is -0.0606. The van der Waals surface area contributed by atoms with Gasteiger partial charge in [0.2, 0.25) is 0 Å². The number of hydrogen-bond acceptors (Lipinski definition) is 3. The Morgan fingerprint density at radius 3 is 2.93 bits per heavy atom. The number of carbonyl (C=O) groups is 1. The van der Waals surface area contributed by atoms with E-state index in [1.807, 2.05) is 0 Å². The van der Waals surface area contributed by atoms with E-state index in [-0.39, 0.29) is 18.1 Å². The molecule has 0 heterocycles. The molecule has 0 amide bonds. The van der Waals surface area contributed by atoms with Crippen molar-refractivity contribution in [1.29, 1.82) is 0 Å². The molecule has 5 nitrogen and oxygen atoms in total. The predicted molar refractivity (Wildman–Crippen MR) is 51.0 cm³/mol. The van der Waals surface area contributed by atoms with Gasteiger partial charge < -0.3 is 5.11 Å². The minimum absolute atomic E-state index is 0.0300. The molecule has 5 heteroatoms. The molecule has 0 aliphatic carbocycles. The van der Waals surface area contributed by atoms with Crippen molar-refractivity contribution < 1.29 is 9.90 Å². The van der Waals surface area contributed by atoms with Gasteiger partial charge >= 0.3 is 0 Å². The van der Waals surface area contributed by atoms with E-state index in [9.17, 15) is 9.90 Å². The lowest BCUT2D eigenvalue weighted by Crippen LogP contribution is -1.93. The summed E-state index contributed by atoms with van der Waals surface area (Å²) in [4.78, 5) is 13.6. The van der Waals surface area contributed by atoms with Crippen LogP contribution in [-0.4, -0.2) is 10.9 Å². The highest BCUT2D eigenvalue weighted by Gasteiger charge is 2.04. The molecule has 0 bridgehead atoms. The Labute approximate surface area is 80.6 Å². The third-order valence-electron chi connectivity index (χ3n) is 1.79. The van der Waals surface area contributed by atoms with Crippen LogP contribution in [0.25, 0.3) is 10.4 Å². The lowest BCUT2D eigenvalue weighted by Gasteiger charge is -2.02. The molecule has 0 spiro atoms. The van der Waals surface area contributed by atoms with Gasteiger partial charge in [0.25, 0.3) is 0 Å². The van der Waals surface area contributed by atoms with Crippen LogP contribution in [0.4, 0.5) is 0 Å². The van der Waals surface area contributed by atoms with Crippen LogP contribution in [0.2, 0.25) is 0 Å². The Kier molecular flexibility index (Phi) is 3.09. The van der Waals surface area contributed by atoms with E-state index in [1.54, 1.807) is 0 Å². The summed E-state index contributed by atoms with van der Waals surface area (Å²) >= 11 is 0. The van der Waals surface area contributed by atoms with Crippen LogP contribution in [0.3, 0.4) is 0 Å². The van der Waals surface area contributed by atoms with Crippen LogP contribution in [0.1, 0.15) is 22.8 Å². The van der Waals surface area contributed by atoms with Crippen LogP contribution in [0.5, 0.6) is 5.75 Å². The van der Waals surface area contributed by atoms with E-state index in [0.717, 1.165) is 0 Å². The summed E-state index contributed by atoms with van der Waals surface area (Å²) in [6, 6.07) is 4.46. The lowest BCUT2D eigenvalue weighted by atomic mass is 10.1. The van der Waals surface area contributed by atoms with Crippen molar-refractivity contribution in [3.63, 3.8) is 0 Å². The molecule has 0 saturated carbocycles. The lowest BCUT2D eigenvalue weighted by molar-refractivity contribution is 0.101. The maximum atomic E-state index is 11.0. The normalized spacial score (nSPS) is 9.21. The van der Waals surface area contributed by atoms with E-state index in [1.165, 1.54) is 25.1 Å². The van der Waals surface area contributed by atoms with E-state index in [4.69, 9.17) is 5.53 Å². The fourth-order valence-corrected chi connectivity index (χ4v) is 1.04. The van der Waals surface area contributed by atoms with Crippen LogP contribution >= 0.6 is 0 Å². The van der Waals surface area contributed by atoms with E-state index < -0.39 is 0 Å². The average Bonchev–Trinajstić information content (AvgIpc) is 2.16. The summed E-state index contributed by atoms with van der Waals surface area (Å²) in [6.45, 7) is 1.48. The van der Waals surface area contributed by atoms with Crippen LogP contribution in [0.15, 0.2) is 23.3 Å². The van der Waals surface area contributed by atoms with Gasteiger partial charge in [-0.05, 0) is 30.7 Å². The van der Waals surface area contributed by atoms with Crippen molar-refractivity contribution in [2.24, 2.45) is 5.11 Å². The molecule has 0 aromatic heterocycles. The second kappa shape index (κ2) is 4.30. The fraction of sp³-hybridized carbons (Fsp3) is 0.222. The number of nitrogens with zero attached hydrogens (tertiary/aromatic N) is 3. The number of ketones is 1. The third kappa shape index (κ3) is 2.24. The highest BCUT2D eigenvalue weighted by atomic mass is 16.3. The van der Waals surface area contributed by atoms with Crippen LogP contribution in [-0.2, 0) is 6.54 Å². The molecule has 1 rings (SSSR count). The van der Waals surface area contributed by atoms with Crippen molar-refractivity contribution >= 4 is 5.78 Å². The van der Waals surface area contributed by atoms with Crippen molar-refractivity contribution in [1.82, 2.24) is 0 Å². The second-order valence-corrected chi connectivity index (χ2v) is 2.79. The van der Waals surface area contributed by atoms with E-state index >= 15 is 0 Å². The van der Waals surface area contributed by atoms with Gasteiger partial charge in [-0.1, -0.05) is 5.11 Å².